The largest absolute Gasteiger partial charge is 0.340 e. The van der Waals surface area contributed by atoms with Crippen molar-refractivity contribution in [3.05, 3.63) is 51.1 Å². The van der Waals surface area contributed by atoms with Crippen molar-refractivity contribution < 1.29 is 22.4 Å². The van der Waals surface area contributed by atoms with E-state index in [9.17, 15) is 22.4 Å². The highest BCUT2D eigenvalue weighted by Gasteiger charge is 2.34. The number of hydrogen-bond acceptors (Lipinski definition) is 3. The van der Waals surface area contributed by atoms with E-state index in [1.165, 1.54) is 0 Å². The maximum Gasteiger partial charge on any atom is 0.228 e. The average molecular weight is 428 g/mol. The maximum atomic E-state index is 14.2. The molecule has 0 radical (unpaired) electrons. The Labute approximate surface area is 169 Å². The highest BCUT2D eigenvalue weighted by atomic mass is 32.1. The topological polar surface area (TPSA) is 44.3 Å². The number of hydrogen-bond donors (Lipinski definition) is 1. The summed E-state index contributed by atoms with van der Waals surface area (Å²) in [6, 6.07) is 0.204. The summed E-state index contributed by atoms with van der Waals surface area (Å²) in [4.78, 5) is 19.6. The Balaban J connectivity index is 1.58. The highest BCUT2D eigenvalue weighted by Crippen LogP contribution is 2.36. The van der Waals surface area contributed by atoms with Crippen LogP contribution in [0.15, 0.2) is 6.07 Å². The summed E-state index contributed by atoms with van der Waals surface area (Å²) in [6.07, 6.45) is 0.222. The Hall–Kier alpha value is -2.20. The van der Waals surface area contributed by atoms with E-state index < -0.39 is 34.8 Å². The van der Waals surface area contributed by atoms with E-state index in [1.54, 1.807) is 9.47 Å². The summed E-state index contributed by atoms with van der Waals surface area (Å²) < 4.78 is 57.7. The molecule has 156 valence electrons. The van der Waals surface area contributed by atoms with Crippen molar-refractivity contribution in [2.45, 2.75) is 25.3 Å². The number of benzene rings is 1. The van der Waals surface area contributed by atoms with Gasteiger partial charge >= 0.3 is 0 Å². The van der Waals surface area contributed by atoms with Gasteiger partial charge in [-0.3, -0.25) is 4.79 Å². The van der Waals surface area contributed by atoms with Gasteiger partial charge in [-0.2, -0.15) is 0 Å². The summed E-state index contributed by atoms with van der Waals surface area (Å²) in [5.74, 6) is -6.48. The van der Waals surface area contributed by atoms with Crippen LogP contribution in [0.5, 0.6) is 0 Å². The SMILES string of the molecule is CN1CCN(C(=O)Cc2[nH]c(=S)n3c2C[C@H](c2c(F)c(F)cc(F)c2F)C3)CC1. The molecule has 0 bridgehead atoms. The predicted molar refractivity (Wildman–Crippen MR) is 100 cm³/mol. The van der Waals surface area contributed by atoms with Crippen LogP contribution in [-0.2, 0) is 24.2 Å². The molecule has 2 aromatic rings. The third-order valence-electron chi connectivity index (χ3n) is 5.76. The Kier molecular flexibility index (Phi) is 5.24. The van der Waals surface area contributed by atoms with E-state index in [2.05, 4.69) is 9.88 Å². The van der Waals surface area contributed by atoms with E-state index in [0.29, 0.717) is 29.2 Å². The van der Waals surface area contributed by atoms with Crippen LogP contribution in [0.3, 0.4) is 0 Å². The van der Waals surface area contributed by atoms with Crippen molar-refractivity contribution in [3.63, 3.8) is 0 Å². The first-order valence-corrected chi connectivity index (χ1v) is 9.76. The van der Waals surface area contributed by atoms with Crippen molar-refractivity contribution in [2.75, 3.05) is 33.2 Å². The van der Waals surface area contributed by atoms with Crippen molar-refractivity contribution in [2.24, 2.45) is 0 Å². The smallest absolute Gasteiger partial charge is 0.228 e. The standard InChI is InChI=1S/C19H20F4N4OS/c1-25-2-4-26(5-3-25)15(28)8-13-14-6-10(9-27(14)19(29)24-13)16-17(22)11(20)7-12(21)18(16)23/h7,10H,2-6,8-9H2,1H3,(H,24,29)/t10-/m0/s1. The molecule has 29 heavy (non-hydrogen) atoms. The average Bonchev–Trinajstić information content (AvgIpc) is 3.22. The second kappa shape index (κ2) is 7.56. The molecule has 3 heterocycles. The lowest BCUT2D eigenvalue weighted by Gasteiger charge is -2.32. The number of aromatic nitrogens is 2. The van der Waals surface area contributed by atoms with Crippen LogP contribution in [0, 0.1) is 28.0 Å². The van der Waals surface area contributed by atoms with Gasteiger partial charge in [0, 0.05) is 61.7 Å². The molecular weight excluding hydrogens is 408 g/mol. The van der Waals surface area contributed by atoms with Crippen LogP contribution in [0.25, 0.3) is 0 Å². The summed E-state index contributed by atoms with van der Waals surface area (Å²) in [7, 11) is 1.99. The first-order valence-electron chi connectivity index (χ1n) is 9.36. The number of amides is 1. The number of halogens is 4. The zero-order valence-corrected chi connectivity index (χ0v) is 16.6. The molecule has 1 saturated heterocycles. The molecule has 1 N–H and O–H groups in total. The van der Waals surface area contributed by atoms with Crippen LogP contribution >= 0.6 is 12.2 Å². The molecule has 1 aromatic carbocycles. The number of fused-ring (bicyclic) bond motifs is 1. The molecule has 1 amide bonds. The van der Waals surface area contributed by atoms with Gasteiger partial charge in [-0.15, -0.1) is 0 Å². The fourth-order valence-corrected chi connectivity index (χ4v) is 4.42. The summed E-state index contributed by atoms with van der Waals surface area (Å²) in [6.45, 7) is 2.94. The van der Waals surface area contributed by atoms with Gasteiger partial charge < -0.3 is 19.4 Å². The number of nitrogens with one attached hydrogen (secondary N) is 1. The molecule has 5 nitrogen and oxygen atoms in total. The quantitative estimate of drug-likeness (QED) is 0.465. The number of aromatic amines is 1. The fraction of sp³-hybridized carbons (Fsp3) is 0.474. The molecule has 0 spiro atoms. The van der Waals surface area contributed by atoms with E-state index in [4.69, 9.17) is 12.2 Å². The minimum atomic E-state index is -1.42. The fourth-order valence-electron chi connectivity index (χ4n) is 4.11. The number of H-pyrrole nitrogens is 1. The van der Waals surface area contributed by atoms with Gasteiger partial charge in [-0.1, -0.05) is 0 Å². The second-order valence-corrected chi connectivity index (χ2v) is 8.00. The molecule has 1 aromatic heterocycles. The van der Waals surface area contributed by atoms with Crippen molar-refractivity contribution in [1.29, 1.82) is 0 Å². The van der Waals surface area contributed by atoms with Gasteiger partial charge in [-0.05, 0) is 25.7 Å². The van der Waals surface area contributed by atoms with E-state index in [0.717, 1.165) is 13.1 Å². The lowest BCUT2D eigenvalue weighted by atomic mass is 9.94. The van der Waals surface area contributed by atoms with Gasteiger partial charge in [0.05, 0.1) is 6.42 Å². The minimum Gasteiger partial charge on any atom is -0.340 e. The lowest BCUT2D eigenvalue weighted by Crippen LogP contribution is -2.47. The van der Waals surface area contributed by atoms with E-state index in [1.807, 2.05) is 7.05 Å². The molecular formula is C19H20F4N4OS. The van der Waals surface area contributed by atoms with Crippen molar-refractivity contribution in [1.82, 2.24) is 19.4 Å². The van der Waals surface area contributed by atoms with Crippen molar-refractivity contribution >= 4 is 18.1 Å². The normalized spacial score (nSPS) is 19.6. The number of carbonyl (C=O) groups is 1. The Morgan fingerprint density at radius 1 is 1.14 bits per heavy atom. The van der Waals surface area contributed by atoms with Crippen LogP contribution < -0.4 is 0 Å². The minimum absolute atomic E-state index is 0.0599. The predicted octanol–water partition coefficient (Wildman–Crippen LogP) is 2.76. The Morgan fingerprint density at radius 3 is 2.38 bits per heavy atom. The molecule has 1 atom stereocenters. The van der Waals surface area contributed by atoms with Crippen LogP contribution in [0.2, 0.25) is 0 Å². The molecule has 2 aliphatic rings. The van der Waals surface area contributed by atoms with Gasteiger partial charge in [-0.25, -0.2) is 17.6 Å². The second-order valence-electron chi connectivity index (χ2n) is 7.61. The van der Waals surface area contributed by atoms with Crippen LogP contribution in [0.1, 0.15) is 22.9 Å². The Bertz CT molecular complexity index is 1000. The lowest BCUT2D eigenvalue weighted by molar-refractivity contribution is -0.132. The maximum absolute atomic E-state index is 14.2. The first kappa shape index (κ1) is 20.1. The zero-order valence-electron chi connectivity index (χ0n) is 15.8. The molecule has 4 rings (SSSR count). The van der Waals surface area contributed by atoms with Gasteiger partial charge in [0.25, 0.3) is 0 Å². The van der Waals surface area contributed by atoms with Crippen LogP contribution in [-0.4, -0.2) is 58.5 Å². The number of piperazine rings is 1. The molecule has 10 heteroatoms. The highest BCUT2D eigenvalue weighted by molar-refractivity contribution is 7.71. The van der Waals surface area contributed by atoms with Crippen LogP contribution in [0.4, 0.5) is 17.6 Å². The molecule has 0 saturated carbocycles. The summed E-state index contributed by atoms with van der Waals surface area (Å²) >= 11 is 5.28. The molecule has 1 fully saturated rings. The van der Waals surface area contributed by atoms with Gasteiger partial charge in [0.1, 0.15) is 0 Å². The third-order valence-corrected chi connectivity index (χ3v) is 6.08. The van der Waals surface area contributed by atoms with Gasteiger partial charge in [0.15, 0.2) is 28.0 Å². The number of carbonyl (C=O) groups excluding carboxylic acids is 1. The summed E-state index contributed by atoms with van der Waals surface area (Å²) in [5.41, 5.74) is 0.613. The van der Waals surface area contributed by atoms with Gasteiger partial charge in [0.2, 0.25) is 5.91 Å². The monoisotopic (exact) mass is 428 g/mol. The molecule has 0 aliphatic carbocycles. The number of nitrogens with zero attached hydrogens (tertiary/aromatic N) is 3. The number of likely N-dealkylation sites (N-methyl/N-ethyl adjacent to an activating group) is 1. The summed E-state index contributed by atoms with van der Waals surface area (Å²) in [5, 5.41) is 0. The first-order chi connectivity index (χ1) is 13.8. The van der Waals surface area contributed by atoms with E-state index in [-0.39, 0.29) is 31.4 Å². The third kappa shape index (κ3) is 3.59. The molecule has 0 unspecified atom stereocenters. The molecule has 2 aliphatic heterocycles. The number of imidazole rings is 1. The van der Waals surface area contributed by atoms with E-state index >= 15 is 0 Å². The zero-order chi connectivity index (χ0) is 20.9. The van der Waals surface area contributed by atoms with Crippen molar-refractivity contribution in [3.8, 4) is 0 Å². The number of rotatable bonds is 3. The Morgan fingerprint density at radius 2 is 1.76 bits per heavy atom.